The predicted molar refractivity (Wildman–Crippen MR) is 141 cm³/mol. The number of hydrogen-bond acceptors (Lipinski definition) is 4. The molecule has 192 valence electrons. The number of nitrogens with zero attached hydrogens (tertiary/aromatic N) is 2. The summed E-state index contributed by atoms with van der Waals surface area (Å²) in [6.07, 6.45) is 4.74. The van der Waals surface area contributed by atoms with Crippen LogP contribution in [0.25, 0.3) is 11.1 Å². The molecule has 0 spiro atoms. The summed E-state index contributed by atoms with van der Waals surface area (Å²) in [5.74, 6) is 1.18. The van der Waals surface area contributed by atoms with E-state index < -0.39 is 6.04 Å². The van der Waals surface area contributed by atoms with Crippen LogP contribution in [0.4, 0.5) is 5.69 Å². The second kappa shape index (κ2) is 9.34. The molecule has 1 unspecified atom stereocenters. The van der Waals surface area contributed by atoms with Crippen LogP contribution in [0.2, 0.25) is 0 Å². The number of carbonyl (C=O) groups is 2. The summed E-state index contributed by atoms with van der Waals surface area (Å²) in [6.45, 7) is 6.11. The molecule has 2 aromatic heterocycles. The van der Waals surface area contributed by atoms with Gasteiger partial charge in [-0.2, -0.15) is 4.73 Å². The highest BCUT2D eigenvalue weighted by atomic mass is 16.5. The third kappa shape index (κ3) is 4.50. The zero-order chi connectivity index (χ0) is 25.7. The van der Waals surface area contributed by atoms with Crippen molar-refractivity contribution in [3.8, 4) is 11.1 Å². The Morgan fingerprint density at radius 2 is 1.81 bits per heavy atom. The lowest BCUT2D eigenvalue weighted by Gasteiger charge is -2.26. The Hall–Kier alpha value is -3.65. The Balaban J connectivity index is 1.20. The molecule has 3 N–H and O–H groups in total. The molecule has 1 aliphatic heterocycles. The van der Waals surface area contributed by atoms with E-state index in [1.54, 1.807) is 0 Å². The van der Waals surface area contributed by atoms with Crippen molar-refractivity contribution in [1.82, 2.24) is 15.2 Å². The van der Waals surface area contributed by atoms with E-state index in [9.17, 15) is 14.8 Å². The highest BCUT2D eigenvalue weighted by molar-refractivity contribution is 6.01. The minimum Gasteiger partial charge on any atom is -0.618 e. The van der Waals surface area contributed by atoms with Gasteiger partial charge in [0.05, 0.1) is 5.56 Å². The lowest BCUT2D eigenvalue weighted by molar-refractivity contribution is -0.611. The van der Waals surface area contributed by atoms with Gasteiger partial charge in [0.15, 0.2) is 11.9 Å². The van der Waals surface area contributed by atoms with Gasteiger partial charge in [0, 0.05) is 44.0 Å². The van der Waals surface area contributed by atoms with E-state index in [1.807, 2.05) is 60.9 Å². The van der Waals surface area contributed by atoms with Crippen molar-refractivity contribution < 1.29 is 14.3 Å². The SMILES string of the molecule is Cc1cc[n+]([O-])c(C)c1-c1ccc(NC(=O)[C@@H](NC(=O)c2ccc3n2CCNC3)C2C[C@@H]3C[C@@H]3C2)cc1. The van der Waals surface area contributed by atoms with Crippen molar-refractivity contribution >= 4 is 17.5 Å². The number of carbonyl (C=O) groups excluding carboxylic acids is 2. The van der Waals surface area contributed by atoms with Gasteiger partial charge in [-0.25, -0.2) is 0 Å². The summed E-state index contributed by atoms with van der Waals surface area (Å²) in [6, 6.07) is 12.6. The quantitative estimate of drug-likeness (QED) is 0.358. The first kappa shape index (κ1) is 23.7. The van der Waals surface area contributed by atoms with Crippen LogP contribution in [0.1, 0.15) is 46.7 Å². The third-order valence-corrected chi connectivity index (χ3v) is 8.43. The molecule has 2 aliphatic carbocycles. The standard InChI is InChI=1S/C29H33N5O3/c1-17-9-11-34(37)18(2)26(17)19-3-5-23(6-4-19)31-29(36)27(22-14-20-13-21(20)15-22)32-28(35)25-8-7-24-16-30-10-12-33(24)25/h3-9,11,20-22,27,30H,10,12-16H2,1-2H3,(H,31,36)(H,32,35)/t20-,21+,22?,27-/m0/s1. The van der Waals surface area contributed by atoms with E-state index in [4.69, 9.17) is 0 Å². The van der Waals surface area contributed by atoms with E-state index in [-0.39, 0.29) is 17.7 Å². The van der Waals surface area contributed by atoms with Gasteiger partial charge in [-0.1, -0.05) is 12.1 Å². The maximum atomic E-state index is 13.5. The average Bonchev–Trinajstić information content (AvgIpc) is 3.29. The highest BCUT2D eigenvalue weighted by Gasteiger charge is 2.49. The van der Waals surface area contributed by atoms with Crippen molar-refractivity contribution in [2.75, 3.05) is 11.9 Å². The van der Waals surface area contributed by atoms with Crippen LogP contribution in [-0.4, -0.2) is 29.0 Å². The minimum atomic E-state index is -0.578. The molecule has 6 rings (SSSR count). The average molecular weight is 500 g/mol. The Morgan fingerprint density at radius 3 is 2.57 bits per heavy atom. The van der Waals surface area contributed by atoms with Gasteiger partial charge in [-0.3, -0.25) is 9.59 Å². The lowest BCUT2D eigenvalue weighted by atomic mass is 9.93. The monoisotopic (exact) mass is 499 g/mol. The normalized spacial score (nSPS) is 22.6. The lowest BCUT2D eigenvalue weighted by Crippen LogP contribution is -2.49. The van der Waals surface area contributed by atoms with Gasteiger partial charge in [-0.15, -0.1) is 0 Å². The van der Waals surface area contributed by atoms with Crippen LogP contribution in [0.5, 0.6) is 0 Å². The topological polar surface area (TPSA) is 102 Å². The fourth-order valence-electron chi connectivity index (χ4n) is 6.33. The zero-order valence-corrected chi connectivity index (χ0v) is 21.3. The first-order valence-electron chi connectivity index (χ1n) is 13.2. The number of benzene rings is 1. The first-order valence-corrected chi connectivity index (χ1v) is 13.2. The maximum Gasteiger partial charge on any atom is 0.268 e. The molecular weight excluding hydrogens is 466 g/mol. The van der Waals surface area contributed by atoms with Crippen LogP contribution in [-0.2, 0) is 17.9 Å². The summed E-state index contributed by atoms with van der Waals surface area (Å²) in [5, 5.41) is 21.5. The molecule has 2 fully saturated rings. The van der Waals surface area contributed by atoms with E-state index in [0.29, 0.717) is 28.9 Å². The molecule has 2 amide bonds. The van der Waals surface area contributed by atoms with E-state index in [0.717, 1.165) is 59.6 Å². The molecular formula is C29H33N5O3. The third-order valence-electron chi connectivity index (χ3n) is 8.43. The molecule has 8 nitrogen and oxygen atoms in total. The Labute approximate surface area is 216 Å². The minimum absolute atomic E-state index is 0.145. The number of fused-ring (bicyclic) bond motifs is 2. The number of aromatic nitrogens is 2. The molecule has 3 heterocycles. The molecule has 3 aromatic rings. The van der Waals surface area contributed by atoms with Crippen LogP contribution < -0.4 is 20.7 Å². The number of aryl methyl sites for hydroxylation is 1. The molecule has 8 heteroatoms. The van der Waals surface area contributed by atoms with Gasteiger partial charge in [0.25, 0.3) is 5.91 Å². The summed E-state index contributed by atoms with van der Waals surface area (Å²) in [5.41, 5.74) is 5.86. The fraction of sp³-hybridized carbons (Fsp3) is 0.414. The summed E-state index contributed by atoms with van der Waals surface area (Å²) >= 11 is 0. The zero-order valence-electron chi connectivity index (χ0n) is 21.3. The second-order valence-electron chi connectivity index (χ2n) is 10.8. The van der Waals surface area contributed by atoms with Crippen LogP contribution >= 0.6 is 0 Å². The van der Waals surface area contributed by atoms with Gasteiger partial charge in [0.2, 0.25) is 5.91 Å². The molecule has 37 heavy (non-hydrogen) atoms. The van der Waals surface area contributed by atoms with E-state index in [1.165, 1.54) is 12.6 Å². The van der Waals surface area contributed by atoms with E-state index in [2.05, 4.69) is 16.0 Å². The number of pyridine rings is 1. The van der Waals surface area contributed by atoms with Gasteiger partial charge < -0.3 is 25.7 Å². The summed E-state index contributed by atoms with van der Waals surface area (Å²) < 4.78 is 2.92. The number of nitrogens with one attached hydrogen (secondary N) is 3. The van der Waals surface area contributed by atoms with Crippen LogP contribution in [0.15, 0.2) is 48.7 Å². The highest BCUT2D eigenvalue weighted by Crippen LogP contribution is 2.55. The summed E-state index contributed by atoms with van der Waals surface area (Å²) in [7, 11) is 0. The van der Waals surface area contributed by atoms with Crippen molar-refractivity contribution in [1.29, 1.82) is 0 Å². The Bertz CT molecular complexity index is 1350. The molecule has 3 aliphatic rings. The number of rotatable bonds is 6. The van der Waals surface area contributed by atoms with Crippen molar-refractivity contribution in [2.24, 2.45) is 17.8 Å². The van der Waals surface area contributed by atoms with Crippen molar-refractivity contribution in [2.45, 2.75) is 52.2 Å². The Morgan fingerprint density at radius 1 is 1.05 bits per heavy atom. The molecule has 1 aromatic carbocycles. The van der Waals surface area contributed by atoms with Crippen molar-refractivity contribution in [3.05, 3.63) is 76.5 Å². The number of hydrogen-bond donors (Lipinski definition) is 3. The smallest absolute Gasteiger partial charge is 0.268 e. The molecule has 4 atom stereocenters. The van der Waals surface area contributed by atoms with Crippen molar-refractivity contribution in [3.63, 3.8) is 0 Å². The largest absolute Gasteiger partial charge is 0.618 e. The number of anilines is 1. The maximum absolute atomic E-state index is 13.5. The molecule has 0 saturated heterocycles. The van der Waals surface area contributed by atoms with Crippen LogP contribution in [0, 0.1) is 36.8 Å². The molecule has 0 radical (unpaired) electrons. The fourth-order valence-corrected chi connectivity index (χ4v) is 6.33. The van der Waals surface area contributed by atoms with Crippen LogP contribution in [0.3, 0.4) is 0 Å². The summed E-state index contributed by atoms with van der Waals surface area (Å²) in [4.78, 5) is 26.9. The van der Waals surface area contributed by atoms with Gasteiger partial charge >= 0.3 is 0 Å². The first-order chi connectivity index (χ1) is 17.9. The molecule has 2 saturated carbocycles. The molecule has 0 bridgehead atoms. The van der Waals surface area contributed by atoms with Gasteiger partial charge in [0.1, 0.15) is 11.7 Å². The Kier molecular flexibility index (Phi) is 5.99. The predicted octanol–water partition coefficient (Wildman–Crippen LogP) is 3.29. The van der Waals surface area contributed by atoms with E-state index >= 15 is 0 Å². The number of amides is 2. The van der Waals surface area contributed by atoms with Gasteiger partial charge in [-0.05, 0) is 79.3 Å². The second-order valence-corrected chi connectivity index (χ2v) is 10.8.